The average molecular weight is 495 g/mol. The SMILES string of the molecule is CN(CC(=O)Nc1cccc(C(=O)N2CCSCC2)c1)CC(=O)Nc1ccc(Cl)c(Cl)c1. The van der Waals surface area contributed by atoms with Crippen LogP contribution in [0, 0.1) is 0 Å². The Labute approximate surface area is 201 Å². The van der Waals surface area contributed by atoms with Crippen LogP contribution in [-0.2, 0) is 9.59 Å². The van der Waals surface area contributed by atoms with Crippen LogP contribution in [0.1, 0.15) is 10.4 Å². The van der Waals surface area contributed by atoms with E-state index < -0.39 is 0 Å². The Kier molecular flexibility index (Phi) is 8.81. The zero-order valence-electron chi connectivity index (χ0n) is 17.6. The van der Waals surface area contributed by atoms with Crippen LogP contribution in [0.4, 0.5) is 11.4 Å². The van der Waals surface area contributed by atoms with Crippen LogP contribution in [0.3, 0.4) is 0 Å². The molecule has 7 nitrogen and oxygen atoms in total. The third-order valence-electron chi connectivity index (χ3n) is 4.72. The standard InChI is InChI=1S/C22H24Cl2N4O3S/c1-27(14-21(30)26-17-5-6-18(23)19(24)12-17)13-20(29)25-16-4-2-3-15(11-16)22(31)28-7-9-32-10-8-28/h2-6,11-12H,7-10,13-14H2,1H3,(H,25,29)(H,26,30). The molecule has 0 aliphatic carbocycles. The molecule has 0 atom stereocenters. The highest BCUT2D eigenvalue weighted by molar-refractivity contribution is 7.99. The normalized spacial score (nSPS) is 13.7. The third kappa shape index (κ3) is 7.13. The van der Waals surface area contributed by atoms with Crippen molar-refractivity contribution in [1.29, 1.82) is 0 Å². The van der Waals surface area contributed by atoms with Gasteiger partial charge in [0.1, 0.15) is 0 Å². The Morgan fingerprint density at radius 3 is 2.19 bits per heavy atom. The van der Waals surface area contributed by atoms with Crippen molar-refractivity contribution >= 4 is 64.1 Å². The van der Waals surface area contributed by atoms with E-state index in [9.17, 15) is 14.4 Å². The van der Waals surface area contributed by atoms with Crippen molar-refractivity contribution in [3.63, 3.8) is 0 Å². The van der Waals surface area contributed by atoms with E-state index in [1.807, 2.05) is 16.7 Å². The highest BCUT2D eigenvalue weighted by atomic mass is 35.5. The van der Waals surface area contributed by atoms with Gasteiger partial charge in [0, 0.05) is 41.5 Å². The van der Waals surface area contributed by atoms with Crippen LogP contribution in [0.15, 0.2) is 42.5 Å². The summed E-state index contributed by atoms with van der Waals surface area (Å²) in [5.41, 5.74) is 1.61. The average Bonchev–Trinajstić information content (AvgIpc) is 2.76. The van der Waals surface area contributed by atoms with Gasteiger partial charge in [-0.1, -0.05) is 29.3 Å². The molecule has 2 aromatic carbocycles. The van der Waals surface area contributed by atoms with Crippen LogP contribution >= 0.6 is 35.0 Å². The Balaban J connectivity index is 1.49. The van der Waals surface area contributed by atoms with Crippen LogP contribution in [-0.4, -0.2) is 72.3 Å². The molecule has 0 unspecified atom stereocenters. The second-order valence-corrected chi connectivity index (χ2v) is 9.42. The Bertz CT molecular complexity index is 999. The minimum atomic E-state index is -0.286. The number of benzene rings is 2. The molecular formula is C22H24Cl2N4O3S. The first-order chi connectivity index (χ1) is 15.3. The van der Waals surface area contributed by atoms with E-state index in [4.69, 9.17) is 23.2 Å². The third-order valence-corrected chi connectivity index (χ3v) is 6.40. The van der Waals surface area contributed by atoms with Gasteiger partial charge in [-0.25, -0.2) is 0 Å². The predicted molar refractivity (Wildman–Crippen MR) is 131 cm³/mol. The zero-order valence-corrected chi connectivity index (χ0v) is 19.9. The van der Waals surface area contributed by atoms with E-state index in [0.717, 1.165) is 24.6 Å². The molecule has 1 aliphatic heterocycles. The monoisotopic (exact) mass is 494 g/mol. The van der Waals surface area contributed by atoms with Crippen LogP contribution in [0.2, 0.25) is 10.0 Å². The lowest BCUT2D eigenvalue weighted by atomic mass is 10.1. The van der Waals surface area contributed by atoms with Crippen molar-refractivity contribution in [3.8, 4) is 0 Å². The summed E-state index contributed by atoms with van der Waals surface area (Å²) in [5, 5.41) is 6.25. The molecule has 1 fully saturated rings. The molecule has 32 heavy (non-hydrogen) atoms. The number of rotatable bonds is 7. The second kappa shape index (κ2) is 11.6. The number of carbonyl (C=O) groups is 3. The zero-order chi connectivity index (χ0) is 23.1. The minimum Gasteiger partial charge on any atom is -0.337 e. The summed E-state index contributed by atoms with van der Waals surface area (Å²) < 4.78 is 0. The first-order valence-electron chi connectivity index (χ1n) is 10.0. The summed E-state index contributed by atoms with van der Waals surface area (Å²) in [4.78, 5) is 40.7. The molecule has 0 saturated carbocycles. The first-order valence-corrected chi connectivity index (χ1v) is 11.9. The van der Waals surface area contributed by atoms with Crippen molar-refractivity contribution in [2.45, 2.75) is 0 Å². The Hall–Kier alpha value is -2.26. The van der Waals surface area contributed by atoms with Gasteiger partial charge in [0.15, 0.2) is 0 Å². The van der Waals surface area contributed by atoms with Crippen LogP contribution < -0.4 is 10.6 Å². The number of hydrogen-bond acceptors (Lipinski definition) is 5. The van der Waals surface area contributed by atoms with Gasteiger partial charge >= 0.3 is 0 Å². The van der Waals surface area contributed by atoms with Gasteiger partial charge in [0.25, 0.3) is 5.91 Å². The number of amides is 3. The first kappa shape index (κ1) is 24.4. The van der Waals surface area contributed by atoms with E-state index in [1.54, 1.807) is 54.4 Å². The molecule has 1 aliphatic rings. The molecular weight excluding hydrogens is 471 g/mol. The maximum absolute atomic E-state index is 12.7. The lowest BCUT2D eigenvalue weighted by Gasteiger charge is -2.26. The van der Waals surface area contributed by atoms with Crippen molar-refractivity contribution in [1.82, 2.24) is 9.80 Å². The van der Waals surface area contributed by atoms with Crippen molar-refractivity contribution in [2.75, 3.05) is 55.4 Å². The number of halogens is 2. The summed E-state index contributed by atoms with van der Waals surface area (Å²) in [7, 11) is 1.67. The van der Waals surface area contributed by atoms with Gasteiger partial charge in [-0.3, -0.25) is 19.3 Å². The van der Waals surface area contributed by atoms with Gasteiger partial charge in [-0.2, -0.15) is 11.8 Å². The fraction of sp³-hybridized carbons (Fsp3) is 0.318. The number of nitrogens with one attached hydrogen (secondary N) is 2. The summed E-state index contributed by atoms with van der Waals surface area (Å²) in [6.45, 7) is 1.49. The topological polar surface area (TPSA) is 81.8 Å². The molecule has 1 heterocycles. The van der Waals surface area contributed by atoms with E-state index in [-0.39, 0.29) is 30.8 Å². The Morgan fingerprint density at radius 2 is 1.56 bits per heavy atom. The maximum Gasteiger partial charge on any atom is 0.253 e. The predicted octanol–water partition coefficient (Wildman–Crippen LogP) is 3.69. The number of carbonyl (C=O) groups excluding carboxylic acids is 3. The minimum absolute atomic E-state index is 0.0102. The molecule has 0 radical (unpaired) electrons. The number of anilines is 2. The number of likely N-dealkylation sites (N-methyl/N-ethyl adjacent to an activating group) is 1. The highest BCUT2D eigenvalue weighted by Gasteiger charge is 2.19. The largest absolute Gasteiger partial charge is 0.337 e. The highest BCUT2D eigenvalue weighted by Crippen LogP contribution is 2.25. The summed E-state index contributed by atoms with van der Waals surface area (Å²) >= 11 is 13.7. The molecule has 0 spiro atoms. The second-order valence-electron chi connectivity index (χ2n) is 7.38. The smallest absolute Gasteiger partial charge is 0.253 e. The van der Waals surface area contributed by atoms with Crippen LogP contribution in [0.25, 0.3) is 0 Å². The van der Waals surface area contributed by atoms with Crippen molar-refractivity contribution < 1.29 is 14.4 Å². The molecule has 10 heteroatoms. The van der Waals surface area contributed by atoms with Gasteiger partial charge in [-0.15, -0.1) is 0 Å². The van der Waals surface area contributed by atoms with E-state index in [1.165, 1.54) is 0 Å². The fourth-order valence-corrected chi connectivity index (χ4v) is 4.40. The molecule has 3 amide bonds. The van der Waals surface area contributed by atoms with E-state index in [0.29, 0.717) is 27.0 Å². The fourth-order valence-electron chi connectivity index (χ4n) is 3.20. The number of thioether (sulfide) groups is 1. The van der Waals surface area contributed by atoms with Gasteiger partial charge in [-0.05, 0) is 43.4 Å². The lowest BCUT2D eigenvalue weighted by Crippen LogP contribution is -2.38. The summed E-state index contributed by atoms with van der Waals surface area (Å²) in [5.74, 6) is 1.28. The van der Waals surface area contributed by atoms with Gasteiger partial charge < -0.3 is 15.5 Å². The van der Waals surface area contributed by atoms with E-state index >= 15 is 0 Å². The Morgan fingerprint density at radius 1 is 0.938 bits per heavy atom. The van der Waals surface area contributed by atoms with Crippen molar-refractivity contribution in [3.05, 3.63) is 58.1 Å². The molecule has 1 saturated heterocycles. The van der Waals surface area contributed by atoms with Crippen LogP contribution in [0.5, 0.6) is 0 Å². The van der Waals surface area contributed by atoms with E-state index in [2.05, 4.69) is 10.6 Å². The summed E-state index contributed by atoms with van der Waals surface area (Å²) in [6, 6.07) is 11.7. The molecule has 0 bridgehead atoms. The maximum atomic E-state index is 12.7. The molecule has 170 valence electrons. The molecule has 3 rings (SSSR count). The van der Waals surface area contributed by atoms with Gasteiger partial charge in [0.2, 0.25) is 11.8 Å². The quantitative estimate of drug-likeness (QED) is 0.613. The number of nitrogens with zero attached hydrogens (tertiary/aromatic N) is 2. The van der Waals surface area contributed by atoms with Gasteiger partial charge in [0.05, 0.1) is 23.1 Å². The van der Waals surface area contributed by atoms with Crippen molar-refractivity contribution in [2.24, 2.45) is 0 Å². The molecule has 2 aromatic rings. The number of hydrogen-bond donors (Lipinski definition) is 2. The lowest BCUT2D eigenvalue weighted by molar-refractivity contribution is -0.119. The molecule has 0 aromatic heterocycles. The molecule has 2 N–H and O–H groups in total. The summed E-state index contributed by atoms with van der Waals surface area (Å²) in [6.07, 6.45) is 0.